The summed E-state index contributed by atoms with van der Waals surface area (Å²) in [5.41, 5.74) is 1.67. The third kappa shape index (κ3) is 4.44. The van der Waals surface area contributed by atoms with Crippen molar-refractivity contribution in [2.24, 2.45) is 11.8 Å². The molecule has 176 valence electrons. The number of amides is 2. The fraction of sp³-hybridized carbons (Fsp3) is 0.667. The third-order valence-corrected chi connectivity index (χ3v) is 9.30. The molecule has 1 saturated heterocycles. The van der Waals surface area contributed by atoms with Crippen molar-refractivity contribution in [3.8, 4) is 0 Å². The largest absolute Gasteiger partial charge is 0.353 e. The van der Waals surface area contributed by atoms with Crippen molar-refractivity contribution in [3.05, 3.63) is 23.8 Å². The molecular weight excluding hydrogens is 426 g/mol. The van der Waals surface area contributed by atoms with E-state index < -0.39 is 10.0 Å². The molecule has 4 atom stereocenters. The van der Waals surface area contributed by atoms with Gasteiger partial charge in [0.05, 0.1) is 10.8 Å². The second-order valence-electron chi connectivity index (χ2n) is 9.81. The Morgan fingerprint density at radius 1 is 1.06 bits per heavy atom. The van der Waals surface area contributed by atoms with Gasteiger partial charge in [-0.05, 0) is 68.7 Å². The summed E-state index contributed by atoms with van der Waals surface area (Å²) >= 11 is 0. The lowest BCUT2D eigenvalue weighted by molar-refractivity contribution is -0.127. The molecule has 2 fully saturated rings. The molecule has 2 aliphatic heterocycles. The highest BCUT2D eigenvalue weighted by molar-refractivity contribution is 7.89. The van der Waals surface area contributed by atoms with Crippen LogP contribution in [0.1, 0.15) is 64.9 Å². The minimum absolute atomic E-state index is 0.0106. The topological polar surface area (TPSA) is 86.8 Å². The molecule has 1 saturated carbocycles. The Morgan fingerprint density at radius 3 is 2.53 bits per heavy atom. The number of hydrogen-bond donors (Lipinski definition) is 1. The number of carbonyl (C=O) groups excluding carboxylic acids is 2. The van der Waals surface area contributed by atoms with E-state index in [2.05, 4.69) is 12.2 Å². The van der Waals surface area contributed by atoms with Crippen LogP contribution in [0.5, 0.6) is 0 Å². The average Bonchev–Trinajstić information content (AvgIpc) is 3.10. The lowest BCUT2D eigenvalue weighted by Crippen LogP contribution is -2.49. The Labute approximate surface area is 191 Å². The maximum atomic E-state index is 13.4. The number of piperidine rings is 1. The predicted molar refractivity (Wildman–Crippen MR) is 124 cm³/mol. The summed E-state index contributed by atoms with van der Waals surface area (Å²) in [5.74, 6) is 0.113. The Kier molecular flexibility index (Phi) is 6.63. The van der Waals surface area contributed by atoms with Crippen molar-refractivity contribution >= 4 is 27.5 Å². The van der Waals surface area contributed by atoms with Crippen LogP contribution in [0.3, 0.4) is 0 Å². The van der Waals surface area contributed by atoms with E-state index in [1.807, 2.05) is 6.92 Å². The molecule has 0 spiro atoms. The number of hydrogen-bond acceptors (Lipinski definition) is 4. The minimum Gasteiger partial charge on any atom is -0.353 e. The van der Waals surface area contributed by atoms with Gasteiger partial charge in [-0.2, -0.15) is 4.31 Å². The van der Waals surface area contributed by atoms with E-state index in [4.69, 9.17) is 0 Å². The summed E-state index contributed by atoms with van der Waals surface area (Å²) in [4.78, 5) is 26.9. The molecule has 2 amide bonds. The normalized spacial score (nSPS) is 28.9. The van der Waals surface area contributed by atoms with Crippen molar-refractivity contribution in [1.82, 2.24) is 9.62 Å². The van der Waals surface area contributed by atoms with Gasteiger partial charge in [-0.1, -0.05) is 19.8 Å². The first-order valence-electron chi connectivity index (χ1n) is 11.9. The predicted octanol–water partition coefficient (Wildman–Crippen LogP) is 3.08. The van der Waals surface area contributed by atoms with Gasteiger partial charge in [0, 0.05) is 37.8 Å². The Morgan fingerprint density at radius 2 is 1.81 bits per heavy atom. The standard InChI is InChI=1S/C24H35N3O4S/c1-16-7-4-5-9-22(16)25-24(29)19-8-6-12-26(15-19)32(30,31)21-10-11-23-20(14-21)13-17(2)27(23)18(3)28/h10-11,14,16-17,19,22H,4-9,12-13,15H2,1-3H3,(H,25,29)/t16-,17-,19-,22+/m0/s1. The molecule has 2 heterocycles. The van der Waals surface area contributed by atoms with Crippen LogP contribution in [0.4, 0.5) is 5.69 Å². The summed E-state index contributed by atoms with van der Waals surface area (Å²) < 4.78 is 28.3. The van der Waals surface area contributed by atoms with Gasteiger partial charge in [-0.15, -0.1) is 0 Å². The fourth-order valence-corrected chi connectivity index (χ4v) is 7.18. The molecule has 4 rings (SSSR count). The summed E-state index contributed by atoms with van der Waals surface area (Å²) in [6.45, 7) is 6.34. The van der Waals surface area contributed by atoms with Crippen LogP contribution in [-0.2, 0) is 26.0 Å². The summed E-state index contributed by atoms with van der Waals surface area (Å²) in [7, 11) is -3.70. The highest BCUT2D eigenvalue weighted by Gasteiger charge is 2.36. The third-order valence-electron chi connectivity index (χ3n) is 7.44. The van der Waals surface area contributed by atoms with Gasteiger partial charge in [-0.3, -0.25) is 9.59 Å². The molecule has 3 aliphatic rings. The minimum atomic E-state index is -3.70. The maximum Gasteiger partial charge on any atom is 0.243 e. The molecule has 1 aromatic rings. The molecular formula is C24H35N3O4S. The Balaban J connectivity index is 1.48. The molecule has 0 bridgehead atoms. The number of rotatable bonds is 4. The number of anilines is 1. The van der Waals surface area contributed by atoms with Gasteiger partial charge in [0.1, 0.15) is 0 Å². The average molecular weight is 462 g/mol. The van der Waals surface area contributed by atoms with Crippen molar-refractivity contribution in [3.63, 3.8) is 0 Å². The lowest BCUT2D eigenvalue weighted by Gasteiger charge is -2.34. The monoisotopic (exact) mass is 461 g/mol. The van der Waals surface area contributed by atoms with Crippen LogP contribution in [-0.4, -0.2) is 49.7 Å². The van der Waals surface area contributed by atoms with Crippen LogP contribution in [0.15, 0.2) is 23.1 Å². The van der Waals surface area contributed by atoms with E-state index in [-0.39, 0.29) is 41.3 Å². The van der Waals surface area contributed by atoms with E-state index in [0.717, 1.165) is 30.5 Å². The van der Waals surface area contributed by atoms with Gasteiger partial charge in [0.15, 0.2) is 0 Å². The molecule has 7 nitrogen and oxygen atoms in total. The maximum absolute atomic E-state index is 13.4. The van der Waals surface area contributed by atoms with Gasteiger partial charge in [0.25, 0.3) is 0 Å². The number of fused-ring (bicyclic) bond motifs is 1. The van der Waals surface area contributed by atoms with Gasteiger partial charge in [0.2, 0.25) is 21.8 Å². The fourth-order valence-electron chi connectivity index (χ4n) is 5.60. The van der Waals surface area contributed by atoms with E-state index in [9.17, 15) is 18.0 Å². The highest BCUT2D eigenvalue weighted by Crippen LogP contribution is 2.35. The Bertz CT molecular complexity index is 993. The summed E-state index contributed by atoms with van der Waals surface area (Å²) in [5, 5.41) is 3.21. The summed E-state index contributed by atoms with van der Waals surface area (Å²) in [6.07, 6.45) is 6.53. The van der Waals surface area contributed by atoms with Crippen molar-refractivity contribution in [2.45, 2.75) is 82.7 Å². The lowest BCUT2D eigenvalue weighted by atomic mass is 9.85. The van der Waals surface area contributed by atoms with Crippen LogP contribution in [0.2, 0.25) is 0 Å². The van der Waals surface area contributed by atoms with Gasteiger partial charge in [-0.25, -0.2) is 8.42 Å². The van der Waals surface area contributed by atoms with Gasteiger partial charge < -0.3 is 10.2 Å². The SMILES string of the molecule is CC(=O)N1c2ccc(S(=O)(=O)N3CCC[C@H](C(=O)N[C@@H]4CCCC[C@@H]4C)C3)cc2C[C@@H]1C. The summed E-state index contributed by atoms with van der Waals surface area (Å²) in [6, 6.07) is 5.26. The zero-order valence-electron chi connectivity index (χ0n) is 19.3. The highest BCUT2D eigenvalue weighted by atomic mass is 32.2. The Hall–Kier alpha value is -1.93. The number of nitrogens with one attached hydrogen (secondary N) is 1. The van der Waals surface area contributed by atoms with Crippen molar-refractivity contribution in [1.29, 1.82) is 0 Å². The van der Waals surface area contributed by atoms with Crippen LogP contribution in [0.25, 0.3) is 0 Å². The zero-order chi connectivity index (χ0) is 23.0. The van der Waals surface area contributed by atoms with Crippen molar-refractivity contribution in [2.75, 3.05) is 18.0 Å². The van der Waals surface area contributed by atoms with E-state index in [1.54, 1.807) is 23.1 Å². The smallest absolute Gasteiger partial charge is 0.243 e. The molecule has 32 heavy (non-hydrogen) atoms. The van der Waals surface area contributed by atoms with Crippen molar-refractivity contribution < 1.29 is 18.0 Å². The number of carbonyl (C=O) groups is 2. The molecule has 0 aromatic heterocycles. The number of nitrogens with zero attached hydrogens (tertiary/aromatic N) is 2. The van der Waals surface area contributed by atoms with E-state index in [1.165, 1.54) is 17.6 Å². The van der Waals surface area contributed by atoms with E-state index >= 15 is 0 Å². The van der Waals surface area contributed by atoms with E-state index in [0.29, 0.717) is 31.7 Å². The quantitative estimate of drug-likeness (QED) is 0.747. The molecule has 0 radical (unpaired) electrons. The second-order valence-corrected chi connectivity index (χ2v) is 11.7. The van der Waals surface area contributed by atoms with Crippen LogP contribution < -0.4 is 10.2 Å². The van der Waals surface area contributed by atoms with Crippen LogP contribution in [0, 0.1) is 11.8 Å². The molecule has 1 aromatic carbocycles. The second kappa shape index (κ2) is 9.14. The first kappa shape index (κ1) is 23.2. The molecule has 1 N–H and O–H groups in total. The molecule has 8 heteroatoms. The zero-order valence-corrected chi connectivity index (χ0v) is 20.2. The van der Waals surface area contributed by atoms with Crippen LogP contribution >= 0.6 is 0 Å². The van der Waals surface area contributed by atoms with Gasteiger partial charge >= 0.3 is 0 Å². The molecule has 0 unspecified atom stereocenters. The first-order valence-corrected chi connectivity index (χ1v) is 13.4. The number of benzene rings is 1. The first-order chi connectivity index (χ1) is 15.2. The molecule has 1 aliphatic carbocycles. The number of sulfonamides is 1.